The van der Waals surface area contributed by atoms with Crippen molar-refractivity contribution < 1.29 is 45.1 Å². The largest absolute Gasteiger partial charge is 0.458 e. The fourth-order valence-electron chi connectivity index (χ4n) is 1.14. The molecule has 146 valence electrons. The van der Waals surface area contributed by atoms with Crippen LogP contribution in [0.15, 0.2) is 24.3 Å². The molecule has 0 unspecified atom stereocenters. The third kappa shape index (κ3) is 8.08. The smallest absolute Gasteiger partial charge is 0.326 e. The molecule has 0 aliphatic rings. The normalized spacial score (nSPS) is 11.9. The van der Waals surface area contributed by atoms with Crippen LogP contribution in [0, 0.1) is 11.2 Å². The zero-order chi connectivity index (χ0) is 20.9. The predicted molar refractivity (Wildman–Crippen MR) is 76.6 cm³/mol. The lowest BCUT2D eigenvalue weighted by atomic mass is 9.95. The lowest BCUT2D eigenvalue weighted by molar-refractivity contribution is -0.193. The predicted octanol–water partition coefficient (Wildman–Crippen LogP) is 4.06. The molecule has 0 saturated heterocycles. The van der Waals surface area contributed by atoms with Gasteiger partial charge in [0.25, 0.3) is 0 Å². The van der Waals surface area contributed by atoms with E-state index in [-0.39, 0.29) is 11.7 Å². The molecule has 0 atom stereocenters. The standard InChI is InChI=1S/C11H14FNO.C4F6O2/c1-11(2,3)10(14)13-9-6-4-5-8(12)7-9;5-3(6,7)1(11)2(12)4(8,9)10/h4-7H,1-3H3,(H,13,14);. The number of Topliss-reactive ketones (excluding diaryl/α,β-unsaturated/α-hetero) is 2. The molecule has 0 spiro atoms. The molecule has 1 amide bonds. The van der Waals surface area contributed by atoms with Crippen molar-refractivity contribution in [2.75, 3.05) is 5.32 Å². The summed E-state index contributed by atoms with van der Waals surface area (Å²) in [5.41, 5.74) is 0.0247. The summed E-state index contributed by atoms with van der Waals surface area (Å²) in [6.07, 6.45) is -11.5. The summed E-state index contributed by atoms with van der Waals surface area (Å²) in [4.78, 5) is 30.7. The van der Waals surface area contributed by atoms with Gasteiger partial charge in [0.05, 0.1) is 0 Å². The Labute approximate surface area is 143 Å². The van der Waals surface area contributed by atoms with Gasteiger partial charge in [0.1, 0.15) is 5.82 Å². The maximum Gasteiger partial charge on any atom is 0.458 e. The quantitative estimate of drug-likeness (QED) is 0.613. The van der Waals surface area contributed by atoms with Crippen molar-refractivity contribution in [2.24, 2.45) is 5.41 Å². The van der Waals surface area contributed by atoms with Gasteiger partial charge in [-0.05, 0) is 18.2 Å². The summed E-state index contributed by atoms with van der Waals surface area (Å²) in [5, 5.41) is 2.64. The summed E-state index contributed by atoms with van der Waals surface area (Å²) >= 11 is 0. The molecule has 0 heterocycles. The average Bonchev–Trinajstić information content (AvgIpc) is 2.43. The molecular weight excluding hydrogens is 375 g/mol. The molecule has 0 radical (unpaired) electrons. The third-order valence-electron chi connectivity index (χ3n) is 2.48. The number of carbonyl (C=O) groups excluding carboxylic acids is 3. The van der Waals surface area contributed by atoms with E-state index in [9.17, 15) is 45.1 Å². The lowest BCUT2D eigenvalue weighted by Crippen LogP contribution is -2.39. The Kier molecular flexibility index (Phi) is 7.50. The van der Waals surface area contributed by atoms with Gasteiger partial charge in [0, 0.05) is 11.1 Å². The van der Waals surface area contributed by atoms with E-state index in [2.05, 4.69) is 5.32 Å². The molecule has 1 N–H and O–H groups in total. The Hall–Kier alpha value is -2.46. The van der Waals surface area contributed by atoms with E-state index in [1.165, 1.54) is 12.1 Å². The molecule has 1 rings (SSSR count). The number of anilines is 1. The van der Waals surface area contributed by atoms with Crippen LogP contribution >= 0.6 is 0 Å². The SMILES string of the molecule is CC(C)(C)C(=O)Nc1cccc(F)c1.O=C(C(=O)C(F)(F)F)C(F)(F)F. The molecule has 1 aromatic carbocycles. The number of ketones is 2. The molecule has 1 aromatic rings. The minimum absolute atomic E-state index is 0.122. The molecule has 11 heteroatoms. The molecule has 0 aromatic heterocycles. The Morgan fingerprint density at radius 3 is 1.58 bits per heavy atom. The van der Waals surface area contributed by atoms with Crippen molar-refractivity contribution in [2.45, 2.75) is 33.1 Å². The van der Waals surface area contributed by atoms with Crippen LogP contribution in [-0.4, -0.2) is 29.8 Å². The van der Waals surface area contributed by atoms with Crippen LogP contribution in [0.5, 0.6) is 0 Å². The molecular formula is C15H14F7NO3. The number of amides is 1. The van der Waals surface area contributed by atoms with Crippen LogP contribution in [0.2, 0.25) is 0 Å². The Morgan fingerprint density at radius 2 is 1.27 bits per heavy atom. The van der Waals surface area contributed by atoms with Gasteiger partial charge < -0.3 is 5.32 Å². The number of alkyl halides is 6. The van der Waals surface area contributed by atoms with Crippen molar-refractivity contribution in [3.05, 3.63) is 30.1 Å². The van der Waals surface area contributed by atoms with Gasteiger partial charge in [-0.3, -0.25) is 14.4 Å². The van der Waals surface area contributed by atoms with Crippen LogP contribution in [-0.2, 0) is 14.4 Å². The number of hydrogen-bond acceptors (Lipinski definition) is 3. The molecule has 26 heavy (non-hydrogen) atoms. The first-order valence-electron chi connectivity index (χ1n) is 6.76. The average molecular weight is 389 g/mol. The van der Waals surface area contributed by atoms with Gasteiger partial charge in [-0.15, -0.1) is 0 Å². The Bertz CT molecular complexity index is 649. The minimum atomic E-state index is -5.77. The number of rotatable bonds is 2. The number of carbonyl (C=O) groups is 3. The highest BCUT2D eigenvalue weighted by atomic mass is 19.4. The first-order valence-corrected chi connectivity index (χ1v) is 6.76. The summed E-state index contributed by atoms with van der Waals surface area (Å²) in [6, 6.07) is 5.86. The van der Waals surface area contributed by atoms with E-state index >= 15 is 0 Å². The Balaban J connectivity index is 0.000000488. The van der Waals surface area contributed by atoms with Gasteiger partial charge in [0.2, 0.25) is 5.91 Å². The zero-order valence-corrected chi connectivity index (χ0v) is 13.7. The highest BCUT2D eigenvalue weighted by Crippen LogP contribution is 2.24. The van der Waals surface area contributed by atoms with Crippen molar-refractivity contribution in [1.82, 2.24) is 0 Å². The minimum Gasteiger partial charge on any atom is -0.326 e. The molecule has 0 saturated carbocycles. The number of hydrogen-bond donors (Lipinski definition) is 1. The van der Waals surface area contributed by atoms with Crippen LogP contribution in [0.4, 0.5) is 36.4 Å². The van der Waals surface area contributed by atoms with Gasteiger partial charge in [-0.25, -0.2) is 4.39 Å². The van der Waals surface area contributed by atoms with E-state index < -0.39 is 29.3 Å². The monoisotopic (exact) mass is 389 g/mol. The molecule has 4 nitrogen and oxygen atoms in total. The van der Waals surface area contributed by atoms with E-state index in [1.54, 1.807) is 12.1 Å². The summed E-state index contributed by atoms with van der Waals surface area (Å²) in [5.74, 6) is -7.29. The second kappa shape index (κ2) is 8.28. The maximum absolute atomic E-state index is 12.8. The highest BCUT2D eigenvalue weighted by Gasteiger charge is 2.54. The molecule has 0 aliphatic carbocycles. The summed E-state index contributed by atoms with van der Waals surface area (Å²) < 4.78 is 79.7. The number of halogens is 7. The third-order valence-corrected chi connectivity index (χ3v) is 2.48. The van der Waals surface area contributed by atoms with Gasteiger partial charge in [-0.1, -0.05) is 26.8 Å². The molecule has 0 fully saturated rings. The van der Waals surface area contributed by atoms with Crippen LogP contribution in [0.3, 0.4) is 0 Å². The maximum atomic E-state index is 12.8. The van der Waals surface area contributed by atoms with Crippen molar-refractivity contribution >= 4 is 23.2 Å². The number of nitrogens with one attached hydrogen (secondary N) is 1. The highest BCUT2D eigenvalue weighted by molar-refractivity contribution is 6.41. The number of benzene rings is 1. The first-order chi connectivity index (χ1) is 11.5. The van der Waals surface area contributed by atoms with Gasteiger partial charge in [0.15, 0.2) is 0 Å². The first kappa shape index (κ1) is 23.5. The van der Waals surface area contributed by atoms with Gasteiger partial charge >= 0.3 is 23.9 Å². The Morgan fingerprint density at radius 1 is 0.846 bits per heavy atom. The van der Waals surface area contributed by atoms with Crippen molar-refractivity contribution in [3.63, 3.8) is 0 Å². The van der Waals surface area contributed by atoms with E-state index in [0.717, 1.165) is 0 Å². The lowest BCUT2D eigenvalue weighted by Gasteiger charge is -2.17. The zero-order valence-electron chi connectivity index (χ0n) is 13.7. The molecule has 0 aliphatic heterocycles. The summed E-state index contributed by atoms with van der Waals surface area (Å²) in [6.45, 7) is 5.42. The van der Waals surface area contributed by atoms with Crippen molar-refractivity contribution in [1.29, 1.82) is 0 Å². The van der Waals surface area contributed by atoms with E-state index in [0.29, 0.717) is 5.69 Å². The van der Waals surface area contributed by atoms with Crippen LogP contribution < -0.4 is 5.32 Å². The van der Waals surface area contributed by atoms with E-state index in [4.69, 9.17) is 0 Å². The molecule has 0 bridgehead atoms. The topological polar surface area (TPSA) is 63.2 Å². The van der Waals surface area contributed by atoms with Crippen LogP contribution in [0.25, 0.3) is 0 Å². The van der Waals surface area contributed by atoms with E-state index in [1.807, 2.05) is 20.8 Å². The van der Waals surface area contributed by atoms with Crippen molar-refractivity contribution in [3.8, 4) is 0 Å². The van der Waals surface area contributed by atoms with Crippen LogP contribution in [0.1, 0.15) is 20.8 Å². The fourth-order valence-corrected chi connectivity index (χ4v) is 1.14. The fraction of sp³-hybridized carbons (Fsp3) is 0.400. The second-order valence-corrected chi connectivity index (χ2v) is 5.87. The summed E-state index contributed by atoms with van der Waals surface area (Å²) in [7, 11) is 0. The second-order valence-electron chi connectivity index (χ2n) is 5.87. The van der Waals surface area contributed by atoms with Gasteiger partial charge in [-0.2, -0.15) is 26.3 Å².